The van der Waals surface area contributed by atoms with Gasteiger partial charge in [-0.3, -0.25) is 67.1 Å². The van der Waals surface area contributed by atoms with Gasteiger partial charge in [-0.25, -0.2) is 9.78 Å². The minimum Gasteiger partial charge on any atom is -0.481 e. The average Bonchev–Trinajstić information content (AvgIpc) is 1.78. The van der Waals surface area contributed by atoms with Gasteiger partial charge in [0.15, 0.2) is 0 Å². The molecule has 2 aromatic carbocycles. The van der Waals surface area contributed by atoms with Crippen molar-refractivity contribution in [2.24, 2.45) is 29.2 Å². The first-order valence-corrected chi connectivity index (χ1v) is 35.4. The molecule has 1 aromatic heterocycles. The highest BCUT2D eigenvalue weighted by molar-refractivity contribution is 8.00. The third-order valence-corrected chi connectivity index (χ3v) is 16.7. The molecule has 3 rings (SSSR count). The van der Waals surface area contributed by atoms with E-state index >= 15 is 0 Å². The summed E-state index contributed by atoms with van der Waals surface area (Å²) in [4.78, 5) is 210. The van der Waals surface area contributed by atoms with Crippen molar-refractivity contribution in [3.63, 3.8) is 0 Å². The highest BCUT2D eigenvalue weighted by Gasteiger charge is 2.38. The van der Waals surface area contributed by atoms with E-state index in [1.165, 1.54) is 19.4 Å². The number of H-pyrrole nitrogens is 1. The number of nitrogens with two attached hydrogens (primary N) is 2. The SMILES string of the molecule is CC(C)C[C@H](NC(=O)[C@H](CCC(=O)O)NC(=O)[C@H](CC(=O)O)NC(=O)CNC(=O)[C@H](Cc1ccccc1)NC(=O)[C@H](CC(C)C)NC(=O)[C@@H](NC(=O)[C@H](Cc1cnc[nH]1)NC(=O)[C@H](CC(C)C)NC(=O)[C@@H](N)CO)[C@@H](C)O)C(=O)N[C@@H](CSCC(=O)Nc1ccccc1)C(=O)N[C@@H](CCCCN)C(=O)O. The number of thioether (sulfide) groups is 1. The molecule has 0 saturated heterocycles. The fraction of sp³-hybridized carbons (Fsp3) is 0.559. The number of aromatic nitrogens is 2. The third kappa shape index (κ3) is 34.4. The Kier molecular flexibility index (Phi) is 39.5. The van der Waals surface area contributed by atoms with E-state index < -0.39 is 194 Å². The molecule has 580 valence electrons. The number of nitrogens with zero attached hydrogens (tertiary/aromatic N) is 1. The van der Waals surface area contributed by atoms with Gasteiger partial charge in [0.25, 0.3) is 0 Å². The number of imidazole rings is 1. The largest absolute Gasteiger partial charge is 0.481 e. The molecule has 0 fully saturated rings. The van der Waals surface area contributed by atoms with Crippen LogP contribution in [0.1, 0.15) is 118 Å². The summed E-state index contributed by atoms with van der Waals surface area (Å²) in [6.07, 6.45) is -1.53. The van der Waals surface area contributed by atoms with Crippen molar-refractivity contribution in [1.82, 2.24) is 68.5 Å². The number of para-hydroxylation sites is 1. The van der Waals surface area contributed by atoms with Crippen LogP contribution in [-0.2, 0) is 84.8 Å². The summed E-state index contributed by atoms with van der Waals surface area (Å²) >= 11 is 0.909. The van der Waals surface area contributed by atoms with Gasteiger partial charge in [0.1, 0.15) is 66.5 Å². The van der Waals surface area contributed by atoms with Crippen LogP contribution in [-0.4, -0.2) is 228 Å². The maximum Gasteiger partial charge on any atom is 0.326 e. The number of unbranched alkanes of at least 4 members (excludes halogenated alkanes) is 1. The number of aromatic amines is 1. The van der Waals surface area contributed by atoms with E-state index in [1.54, 1.807) is 102 Å². The number of rotatable bonds is 49. The first kappa shape index (κ1) is 89.1. The molecule has 37 heteroatoms. The Morgan fingerprint density at radius 2 is 0.981 bits per heavy atom. The zero-order chi connectivity index (χ0) is 78.5. The molecule has 0 aliphatic carbocycles. The fourth-order valence-electron chi connectivity index (χ4n) is 10.3. The predicted octanol–water partition coefficient (Wildman–Crippen LogP) is -3.08. The van der Waals surface area contributed by atoms with E-state index in [0.717, 1.165) is 11.8 Å². The van der Waals surface area contributed by atoms with E-state index in [1.807, 2.05) is 0 Å². The first-order chi connectivity index (χ1) is 49.6. The van der Waals surface area contributed by atoms with Crippen molar-refractivity contribution in [2.45, 2.75) is 192 Å². The molecular weight excluding hydrogens is 1390 g/mol. The minimum atomic E-state index is -2.03. The fourth-order valence-corrected chi connectivity index (χ4v) is 11.1. The molecule has 0 bridgehead atoms. The van der Waals surface area contributed by atoms with Crippen molar-refractivity contribution in [3.8, 4) is 0 Å². The van der Waals surface area contributed by atoms with Crippen LogP contribution in [0.4, 0.5) is 5.69 Å². The lowest BCUT2D eigenvalue weighted by molar-refractivity contribution is -0.143. The number of carboxylic acids is 3. The maximum atomic E-state index is 14.4. The number of carbonyl (C=O) groups is 15. The number of carboxylic acid groups (broad SMARTS) is 3. The Morgan fingerprint density at radius 1 is 0.505 bits per heavy atom. The van der Waals surface area contributed by atoms with Gasteiger partial charge in [0.2, 0.25) is 70.9 Å². The number of amides is 12. The molecule has 3 aromatic rings. The minimum absolute atomic E-state index is 0.0272. The van der Waals surface area contributed by atoms with Crippen LogP contribution in [0, 0.1) is 17.8 Å². The number of aliphatic hydroxyl groups excluding tert-OH is 2. The van der Waals surface area contributed by atoms with E-state index in [9.17, 15) is 97.5 Å². The van der Waals surface area contributed by atoms with Gasteiger partial charge in [0, 0.05) is 42.6 Å². The number of aliphatic carboxylic acids is 3. The second-order valence-electron chi connectivity index (χ2n) is 26.3. The molecule has 12 atom stereocenters. The Hall–Kier alpha value is -10.1. The summed E-state index contributed by atoms with van der Waals surface area (Å²) in [6, 6.07) is -0.763. The number of nitrogens with one attached hydrogen (secondary N) is 13. The predicted molar refractivity (Wildman–Crippen MR) is 382 cm³/mol. The third-order valence-electron chi connectivity index (χ3n) is 15.6. The van der Waals surface area contributed by atoms with Crippen LogP contribution in [0.25, 0.3) is 0 Å². The highest BCUT2D eigenvalue weighted by Crippen LogP contribution is 2.16. The summed E-state index contributed by atoms with van der Waals surface area (Å²) in [5.41, 5.74) is 12.6. The van der Waals surface area contributed by atoms with Gasteiger partial charge < -0.3 is 106 Å². The second kappa shape index (κ2) is 46.6. The topological polar surface area (TPSA) is 582 Å². The quantitative estimate of drug-likeness (QED) is 0.0249. The van der Waals surface area contributed by atoms with Gasteiger partial charge in [0.05, 0.1) is 37.8 Å². The summed E-state index contributed by atoms with van der Waals surface area (Å²) < 4.78 is 0. The molecule has 0 unspecified atom stereocenters. The molecule has 0 radical (unpaired) electrons. The Morgan fingerprint density at radius 3 is 1.49 bits per heavy atom. The molecule has 1 heterocycles. The summed E-state index contributed by atoms with van der Waals surface area (Å²) in [5.74, 6) is -17.8. The van der Waals surface area contributed by atoms with Crippen LogP contribution >= 0.6 is 11.8 Å². The molecule has 0 saturated carbocycles. The standard InChI is InChI=1S/C68H102N16O20S/c1-36(2)24-46(78-58(93)43(70)32-85)61(96)81-50(28-42-30-71-35-73-42)65(100)84-57(39(7)86)67(102)82-48(26-38(5)6)62(97)80-49(27-40-16-10-8-11-17-40)59(94)72-31-53(87)75-51(29-56(91)92)64(99)76-44(21-22-55(89)90)60(95)79-47(25-37(3)4)63(98)83-52(66(101)77-45(68(103)104)20-14-15-23-69)33-105-34-54(88)74-41-18-12-9-13-19-41/h8-13,16-19,30,35-39,43-52,57,85-86H,14-15,20-29,31-34,69-70H2,1-7H3,(H,71,73)(H,72,94)(H,74,88)(H,75,87)(H,76,99)(H,77,101)(H,78,93)(H,79,95)(H,80,97)(H,81,96)(H,82,102)(H,83,98)(H,84,100)(H,89,90)(H,91,92)(H,103,104)/t39-,43+,44+,45+,46+,47+,48+,49+,50+,51+,52+,57+/m1/s1. The zero-order valence-corrected chi connectivity index (χ0v) is 60.6. The Balaban J connectivity index is 1.87. The molecule has 36 nitrogen and oxygen atoms in total. The van der Waals surface area contributed by atoms with Crippen molar-refractivity contribution in [2.75, 3.05) is 36.5 Å². The first-order valence-electron chi connectivity index (χ1n) is 34.3. The van der Waals surface area contributed by atoms with Crippen LogP contribution < -0.4 is 75.3 Å². The number of hydrogen-bond acceptors (Lipinski definition) is 21. The smallest absolute Gasteiger partial charge is 0.326 e. The van der Waals surface area contributed by atoms with E-state index in [0.29, 0.717) is 29.8 Å². The van der Waals surface area contributed by atoms with Gasteiger partial charge in [-0.15, -0.1) is 11.8 Å². The highest BCUT2D eigenvalue weighted by atomic mass is 32.2. The lowest BCUT2D eigenvalue weighted by Gasteiger charge is -2.29. The number of benzene rings is 2. The molecular formula is C68H102N16O20S. The number of anilines is 1. The van der Waals surface area contributed by atoms with Crippen molar-refractivity contribution >= 4 is 106 Å². The maximum absolute atomic E-state index is 14.4. The molecule has 0 spiro atoms. The monoisotopic (exact) mass is 1490 g/mol. The molecule has 12 amide bonds. The summed E-state index contributed by atoms with van der Waals surface area (Å²) in [5, 5.41) is 79.4. The molecule has 0 aliphatic heterocycles. The lowest BCUT2D eigenvalue weighted by Crippen LogP contribution is -2.62. The van der Waals surface area contributed by atoms with Crippen LogP contribution in [0.15, 0.2) is 73.2 Å². The van der Waals surface area contributed by atoms with Crippen LogP contribution in [0.3, 0.4) is 0 Å². The van der Waals surface area contributed by atoms with Gasteiger partial charge >= 0.3 is 17.9 Å². The Labute approximate surface area is 611 Å². The van der Waals surface area contributed by atoms with Gasteiger partial charge in [-0.2, -0.15) is 0 Å². The lowest BCUT2D eigenvalue weighted by atomic mass is 10.00. The van der Waals surface area contributed by atoms with Crippen molar-refractivity contribution < 1.29 is 97.5 Å². The van der Waals surface area contributed by atoms with Crippen LogP contribution in [0.2, 0.25) is 0 Å². The number of carbonyl (C=O) groups excluding carboxylic acids is 12. The summed E-state index contributed by atoms with van der Waals surface area (Å²) in [7, 11) is 0. The second-order valence-corrected chi connectivity index (χ2v) is 27.3. The van der Waals surface area contributed by atoms with Crippen LogP contribution in [0.5, 0.6) is 0 Å². The molecule has 0 aliphatic rings. The van der Waals surface area contributed by atoms with Crippen molar-refractivity contribution in [1.29, 1.82) is 0 Å². The Bertz CT molecular complexity index is 3370. The normalized spacial score (nSPS) is 14.6. The zero-order valence-electron chi connectivity index (χ0n) is 59.8. The molecule has 105 heavy (non-hydrogen) atoms. The number of hydrogen-bond donors (Lipinski definition) is 20. The van der Waals surface area contributed by atoms with Gasteiger partial charge in [-0.05, 0) is 93.9 Å². The van der Waals surface area contributed by atoms with E-state index in [-0.39, 0.29) is 74.3 Å². The number of aliphatic hydroxyl groups is 2. The summed E-state index contributed by atoms with van der Waals surface area (Å²) in [6.45, 7) is 9.96. The van der Waals surface area contributed by atoms with Gasteiger partial charge in [-0.1, -0.05) is 90.1 Å². The average molecular weight is 1500 g/mol. The molecule has 22 N–H and O–H groups in total. The van der Waals surface area contributed by atoms with E-state index in [2.05, 4.69) is 73.8 Å². The van der Waals surface area contributed by atoms with E-state index in [4.69, 9.17) is 11.5 Å². The van der Waals surface area contributed by atoms with Crippen molar-refractivity contribution in [3.05, 3.63) is 84.4 Å².